The van der Waals surface area contributed by atoms with E-state index in [2.05, 4.69) is 25.2 Å². The van der Waals surface area contributed by atoms with E-state index in [0.29, 0.717) is 5.69 Å². The van der Waals surface area contributed by atoms with Crippen molar-refractivity contribution in [3.05, 3.63) is 24.0 Å². The summed E-state index contributed by atoms with van der Waals surface area (Å²) >= 11 is 1.78. The van der Waals surface area contributed by atoms with Crippen molar-refractivity contribution in [2.45, 2.75) is 0 Å². The standard InChI is InChI=1S/C12H17N3O2S/c1-17-12(16)11-4-3-10(9-13-11)14-5-7-15(18-2)8-6-14/h3-4,9H,5-8H2,1-2H3. The van der Waals surface area contributed by atoms with E-state index in [4.69, 9.17) is 0 Å². The molecule has 0 amide bonds. The van der Waals surface area contributed by atoms with Crippen LogP contribution in [0, 0.1) is 0 Å². The molecular formula is C12H17N3O2S. The number of rotatable bonds is 3. The number of pyridine rings is 1. The van der Waals surface area contributed by atoms with Crippen LogP contribution in [0.25, 0.3) is 0 Å². The highest BCUT2D eigenvalue weighted by atomic mass is 32.2. The maximum Gasteiger partial charge on any atom is 0.356 e. The lowest BCUT2D eigenvalue weighted by molar-refractivity contribution is 0.0594. The van der Waals surface area contributed by atoms with Crippen molar-refractivity contribution in [3.63, 3.8) is 0 Å². The monoisotopic (exact) mass is 267 g/mol. The van der Waals surface area contributed by atoms with Crippen LogP contribution < -0.4 is 4.90 Å². The number of carbonyl (C=O) groups excluding carboxylic acids is 1. The lowest BCUT2D eigenvalue weighted by atomic mass is 10.3. The molecule has 0 N–H and O–H groups in total. The summed E-state index contributed by atoms with van der Waals surface area (Å²) < 4.78 is 6.97. The maximum atomic E-state index is 11.3. The van der Waals surface area contributed by atoms with Crippen LogP contribution in [0.4, 0.5) is 5.69 Å². The third-order valence-corrected chi connectivity index (χ3v) is 3.89. The number of nitrogens with zero attached hydrogens (tertiary/aromatic N) is 3. The van der Waals surface area contributed by atoms with Crippen LogP contribution in [0.5, 0.6) is 0 Å². The second-order valence-electron chi connectivity index (χ2n) is 3.99. The van der Waals surface area contributed by atoms with Gasteiger partial charge < -0.3 is 9.64 Å². The van der Waals surface area contributed by atoms with Gasteiger partial charge in [0.1, 0.15) is 5.69 Å². The summed E-state index contributed by atoms with van der Waals surface area (Å²) in [5.41, 5.74) is 1.41. The van der Waals surface area contributed by atoms with E-state index in [-0.39, 0.29) is 0 Å². The van der Waals surface area contributed by atoms with Gasteiger partial charge in [0.2, 0.25) is 0 Å². The highest BCUT2D eigenvalue weighted by molar-refractivity contribution is 7.96. The summed E-state index contributed by atoms with van der Waals surface area (Å²) in [5, 5.41) is 0. The van der Waals surface area contributed by atoms with E-state index in [1.165, 1.54) is 7.11 Å². The molecule has 1 aliphatic heterocycles. The van der Waals surface area contributed by atoms with E-state index in [0.717, 1.165) is 31.9 Å². The molecule has 0 aromatic carbocycles. The van der Waals surface area contributed by atoms with Gasteiger partial charge in [-0.3, -0.25) is 0 Å². The summed E-state index contributed by atoms with van der Waals surface area (Å²) in [5.74, 6) is -0.395. The van der Waals surface area contributed by atoms with Gasteiger partial charge in [0.25, 0.3) is 0 Å². The van der Waals surface area contributed by atoms with Crippen molar-refractivity contribution < 1.29 is 9.53 Å². The predicted octanol–water partition coefficient (Wildman–Crippen LogP) is 1.27. The molecule has 2 heterocycles. The molecule has 98 valence electrons. The molecule has 2 rings (SSSR count). The fourth-order valence-electron chi connectivity index (χ4n) is 1.93. The first-order valence-electron chi connectivity index (χ1n) is 5.83. The van der Waals surface area contributed by atoms with Crippen molar-refractivity contribution in [2.75, 3.05) is 44.4 Å². The minimum atomic E-state index is -0.395. The SMILES string of the molecule is COC(=O)c1ccc(N2CCN(SC)CC2)cn1. The van der Waals surface area contributed by atoms with Gasteiger partial charge in [-0.25, -0.2) is 14.1 Å². The van der Waals surface area contributed by atoms with E-state index >= 15 is 0 Å². The molecular weight excluding hydrogens is 250 g/mol. The summed E-state index contributed by atoms with van der Waals surface area (Å²) in [6.07, 6.45) is 3.84. The van der Waals surface area contributed by atoms with E-state index < -0.39 is 5.97 Å². The first-order valence-corrected chi connectivity index (χ1v) is 7.01. The molecule has 0 spiro atoms. The molecule has 1 fully saturated rings. The number of carbonyl (C=O) groups is 1. The van der Waals surface area contributed by atoms with Crippen LogP contribution >= 0.6 is 11.9 Å². The van der Waals surface area contributed by atoms with E-state index in [1.807, 2.05) is 6.07 Å². The normalized spacial score (nSPS) is 16.7. The molecule has 1 saturated heterocycles. The third kappa shape index (κ3) is 2.94. The van der Waals surface area contributed by atoms with Gasteiger partial charge in [-0.15, -0.1) is 0 Å². The molecule has 0 atom stereocenters. The molecule has 18 heavy (non-hydrogen) atoms. The smallest absolute Gasteiger partial charge is 0.356 e. The molecule has 0 saturated carbocycles. The zero-order valence-corrected chi connectivity index (χ0v) is 11.4. The number of ether oxygens (including phenoxy) is 1. The Morgan fingerprint density at radius 3 is 2.56 bits per heavy atom. The maximum absolute atomic E-state index is 11.3. The number of aromatic nitrogens is 1. The van der Waals surface area contributed by atoms with Crippen LogP contribution in [-0.2, 0) is 4.74 Å². The second-order valence-corrected chi connectivity index (χ2v) is 4.87. The topological polar surface area (TPSA) is 45.7 Å². The van der Waals surface area contributed by atoms with Gasteiger partial charge in [-0.1, -0.05) is 11.9 Å². The lowest BCUT2D eigenvalue weighted by Gasteiger charge is -2.34. The molecule has 1 aliphatic rings. The Bertz CT molecular complexity index is 402. The Morgan fingerprint density at radius 1 is 1.33 bits per heavy atom. The molecule has 0 bridgehead atoms. The second kappa shape index (κ2) is 6.06. The summed E-state index contributed by atoms with van der Waals surface area (Å²) in [6, 6.07) is 3.64. The van der Waals surface area contributed by atoms with Crippen LogP contribution in [-0.4, -0.2) is 54.8 Å². The quantitative estimate of drug-likeness (QED) is 0.607. The number of piperazine rings is 1. The molecule has 5 nitrogen and oxygen atoms in total. The van der Waals surface area contributed by atoms with Gasteiger partial charge in [-0.05, 0) is 18.4 Å². The van der Waals surface area contributed by atoms with E-state index in [9.17, 15) is 4.79 Å². The average molecular weight is 267 g/mol. The van der Waals surface area contributed by atoms with Gasteiger partial charge >= 0.3 is 5.97 Å². The summed E-state index contributed by atoms with van der Waals surface area (Å²) in [7, 11) is 1.36. The molecule has 6 heteroatoms. The largest absolute Gasteiger partial charge is 0.464 e. The number of hydrogen-bond acceptors (Lipinski definition) is 6. The van der Waals surface area contributed by atoms with Gasteiger partial charge in [0.05, 0.1) is 19.0 Å². The van der Waals surface area contributed by atoms with Crippen molar-refractivity contribution in [2.24, 2.45) is 0 Å². The molecule has 1 aromatic rings. The molecule has 1 aromatic heterocycles. The van der Waals surface area contributed by atoms with Crippen LogP contribution in [0.3, 0.4) is 0 Å². The molecule has 0 unspecified atom stereocenters. The van der Waals surface area contributed by atoms with Crippen molar-refractivity contribution >= 4 is 23.6 Å². The Balaban J connectivity index is 2.00. The average Bonchev–Trinajstić information content (AvgIpc) is 2.47. The minimum Gasteiger partial charge on any atom is -0.464 e. The van der Waals surface area contributed by atoms with Gasteiger partial charge in [0, 0.05) is 26.2 Å². The van der Waals surface area contributed by atoms with Gasteiger partial charge in [-0.2, -0.15) is 0 Å². The van der Waals surface area contributed by atoms with Crippen LogP contribution in [0.2, 0.25) is 0 Å². The number of hydrogen-bond donors (Lipinski definition) is 0. The van der Waals surface area contributed by atoms with Gasteiger partial charge in [0.15, 0.2) is 0 Å². The number of esters is 1. The first kappa shape index (κ1) is 13.2. The minimum absolute atomic E-state index is 0.351. The zero-order valence-electron chi connectivity index (χ0n) is 10.6. The number of methoxy groups -OCH3 is 1. The highest BCUT2D eigenvalue weighted by Gasteiger charge is 2.17. The predicted molar refractivity (Wildman–Crippen MR) is 72.9 cm³/mol. The fraction of sp³-hybridized carbons (Fsp3) is 0.500. The molecule has 0 radical (unpaired) electrons. The van der Waals surface area contributed by atoms with Crippen molar-refractivity contribution in [1.82, 2.24) is 9.29 Å². The fourth-order valence-corrected chi connectivity index (χ4v) is 2.46. The lowest BCUT2D eigenvalue weighted by Crippen LogP contribution is -2.43. The Kier molecular flexibility index (Phi) is 4.43. The Hall–Kier alpha value is -1.27. The van der Waals surface area contributed by atoms with E-state index in [1.54, 1.807) is 24.2 Å². The van der Waals surface area contributed by atoms with Crippen LogP contribution in [0.1, 0.15) is 10.5 Å². The summed E-state index contributed by atoms with van der Waals surface area (Å²) in [6.45, 7) is 4.06. The zero-order chi connectivity index (χ0) is 13.0. The summed E-state index contributed by atoms with van der Waals surface area (Å²) in [4.78, 5) is 17.7. The van der Waals surface area contributed by atoms with Crippen molar-refractivity contribution in [1.29, 1.82) is 0 Å². The van der Waals surface area contributed by atoms with Crippen LogP contribution in [0.15, 0.2) is 18.3 Å². The Morgan fingerprint density at radius 2 is 2.06 bits per heavy atom. The molecule has 0 aliphatic carbocycles. The van der Waals surface area contributed by atoms with Crippen molar-refractivity contribution in [3.8, 4) is 0 Å². The highest BCUT2D eigenvalue weighted by Crippen LogP contribution is 2.18. The number of anilines is 1. The first-order chi connectivity index (χ1) is 8.74. The Labute approximate surface area is 111 Å². The third-order valence-electron chi connectivity index (χ3n) is 3.00.